The molecule has 0 spiro atoms. The van der Waals surface area contributed by atoms with Crippen LogP contribution in [-0.2, 0) is 24.4 Å². The summed E-state index contributed by atoms with van der Waals surface area (Å²) in [5.74, 6) is -1.08. The van der Waals surface area contributed by atoms with E-state index in [-0.39, 0.29) is 16.4 Å². The Morgan fingerprint density at radius 3 is 2.33 bits per heavy atom. The molecular formula is C15H22N2O6S. The molecule has 9 heteroatoms. The number of hydrogen-bond acceptors (Lipinski definition) is 6. The number of nitrogens with zero attached hydrogens (tertiary/aromatic N) is 2. The molecule has 8 nitrogen and oxygen atoms in total. The Labute approximate surface area is 142 Å². The smallest absolute Gasteiger partial charge is 0.338 e. The lowest BCUT2D eigenvalue weighted by atomic mass is 10.2. The van der Waals surface area contributed by atoms with Crippen LogP contribution >= 0.6 is 0 Å². The highest BCUT2D eigenvalue weighted by Gasteiger charge is 2.22. The van der Waals surface area contributed by atoms with Gasteiger partial charge in [0.15, 0.2) is 6.61 Å². The molecule has 1 aromatic rings. The van der Waals surface area contributed by atoms with E-state index >= 15 is 0 Å². The lowest BCUT2D eigenvalue weighted by molar-refractivity contribution is -0.134. The summed E-state index contributed by atoms with van der Waals surface area (Å²) in [7, 11) is -1.41. The SMILES string of the molecule is CCN(CC)C(=O)COC(=O)c1cccc(S(=O)(=O)N(C)OC)c1. The molecule has 134 valence electrons. The predicted octanol–water partition coefficient (Wildman–Crippen LogP) is 0.894. The van der Waals surface area contributed by atoms with E-state index in [1.54, 1.807) is 0 Å². The first-order valence-electron chi connectivity index (χ1n) is 7.35. The van der Waals surface area contributed by atoms with E-state index in [4.69, 9.17) is 4.74 Å². The minimum absolute atomic E-state index is 0.0351. The Morgan fingerprint density at radius 2 is 1.79 bits per heavy atom. The van der Waals surface area contributed by atoms with Crippen LogP contribution in [0.2, 0.25) is 0 Å². The molecule has 0 unspecified atom stereocenters. The summed E-state index contributed by atoms with van der Waals surface area (Å²) < 4.78 is 30.0. The van der Waals surface area contributed by atoms with E-state index in [1.807, 2.05) is 13.8 Å². The molecule has 0 fully saturated rings. The third-order valence-corrected chi connectivity index (χ3v) is 5.08. The fourth-order valence-electron chi connectivity index (χ4n) is 1.91. The standard InChI is InChI=1S/C15H22N2O6S/c1-5-17(6-2)14(18)11-23-15(19)12-8-7-9-13(10-12)24(20,21)16(3)22-4/h7-10H,5-6,11H2,1-4H3. The van der Waals surface area contributed by atoms with Crippen molar-refractivity contribution in [3.63, 3.8) is 0 Å². The number of esters is 1. The normalized spacial score (nSPS) is 11.4. The second kappa shape index (κ2) is 8.76. The van der Waals surface area contributed by atoms with Gasteiger partial charge in [0.1, 0.15) is 0 Å². The van der Waals surface area contributed by atoms with Gasteiger partial charge in [-0.1, -0.05) is 10.5 Å². The quantitative estimate of drug-likeness (QED) is 0.506. The molecule has 0 bridgehead atoms. The summed E-state index contributed by atoms with van der Waals surface area (Å²) in [6, 6.07) is 5.34. The monoisotopic (exact) mass is 358 g/mol. The van der Waals surface area contributed by atoms with E-state index in [1.165, 1.54) is 43.3 Å². The number of likely N-dealkylation sites (N-methyl/N-ethyl adjacent to an activating group) is 1. The highest BCUT2D eigenvalue weighted by Crippen LogP contribution is 2.16. The number of carbonyl (C=O) groups excluding carboxylic acids is 2. The lowest BCUT2D eigenvalue weighted by Gasteiger charge is -2.18. The average Bonchev–Trinajstić information content (AvgIpc) is 2.59. The van der Waals surface area contributed by atoms with Crippen LogP contribution < -0.4 is 0 Å². The van der Waals surface area contributed by atoms with E-state index in [9.17, 15) is 18.0 Å². The average molecular weight is 358 g/mol. The number of sulfonamides is 1. The van der Waals surface area contributed by atoms with Gasteiger partial charge in [-0.05, 0) is 32.0 Å². The van der Waals surface area contributed by atoms with Crippen LogP contribution in [0.3, 0.4) is 0 Å². The van der Waals surface area contributed by atoms with E-state index in [2.05, 4.69) is 4.84 Å². The van der Waals surface area contributed by atoms with Gasteiger partial charge < -0.3 is 9.64 Å². The Balaban J connectivity index is 2.87. The zero-order valence-corrected chi connectivity index (χ0v) is 15.0. The van der Waals surface area contributed by atoms with Crippen molar-refractivity contribution in [2.45, 2.75) is 18.7 Å². The van der Waals surface area contributed by atoms with Gasteiger partial charge in [-0.25, -0.2) is 13.2 Å². The van der Waals surface area contributed by atoms with Gasteiger partial charge in [0, 0.05) is 20.1 Å². The summed E-state index contributed by atoms with van der Waals surface area (Å²) in [4.78, 5) is 30.0. The van der Waals surface area contributed by atoms with Gasteiger partial charge in [-0.15, -0.1) is 0 Å². The van der Waals surface area contributed by atoms with Crippen LogP contribution in [0, 0.1) is 0 Å². The molecule has 1 rings (SSSR count). The van der Waals surface area contributed by atoms with Crippen LogP contribution in [0.25, 0.3) is 0 Å². The number of amides is 1. The van der Waals surface area contributed by atoms with E-state index < -0.39 is 22.6 Å². The van der Waals surface area contributed by atoms with Gasteiger partial charge in [-0.3, -0.25) is 9.63 Å². The summed E-state index contributed by atoms with van der Waals surface area (Å²) >= 11 is 0. The Kier molecular flexibility index (Phi) is 7.33. The second-order valence-corrected chi connectivity index (χ2v) is 6.70. The maximum atomic E-state index is 12.2. The number of rotatable bonds is 8. The van der Waals surface area contributed by atoms with Gasteiger partial charge in [0.05, 0.1) is 17.6 Å². The summed E-state index contributed by atoms with van der Waals surface area (Å²) in [5.41, 5.74) is 0.0351. The van der Waals surface area contributed by atoms with Crippen LogP contribution in [0.5, 0.6) is 0 Å². The molecule has 1 aromatic carbocycles. The number of hydroxylamine groups is 1. The van der Waals surface area contributed by atoms with Crippen molar-refractivity contribution in [1.82, 2.24) is 9.37 Å². The first-order valence-corrected chi connectivity index (χ1v) is 8.79. The number of hydrogen-bond donors (Lipinski definition) is 0. The molecule has 0 aromatic heterocycles. The highest BCUT2D eigenvalue weighted by molar-refractivity contribution is 7.89. The van der Waals surface area contributed by atoms with Crippen molar-refractivity contribution < 1.29 is 27.6 Å². The molecule has 0 atom stereocenters. The summed E-state index contributed by atoms with van der Waals surface area (Å²) in [5, 5.41) is 0. The van der Waals surface area contributed by atoms with Crippen molar-refractivity contribution in [2.75, 3.05) is 33.9 Å². The summed E-state index contributed by atoms with van der Waals surface area (Å²) in [6.07, 6.45) is 0. The van der Waals surface area contributed by atoms with Crippen molar-refractivity contribution in [1.29, 1.82) is 0 Å². The lowest BCUT2D eigenvalue weighted by Crippen LogP contribution is -2.34. The van der Waals surface area contributed by atoms with Gasteiger partial charge in [-0.2, -0.15) is 0 Å². The Bertz CT molecular complexity index is 685. The van der Waals surface area contributed by atoms with Crippen LogP contribution in [-0.4, -0.2) is 63.5 Å². The summed E-state index contributed by atoms with van der Waals surface area (Å²) in [6.45, 7) is 4.29. The molecule has 0 N–H and O–H groups in total. The van der Waals surface area contributed by atoms with Crippen molar-refractivity contribution in [3.05, 3.63) is 29.8 Å². The van der Waals surface area contributed by atoms with E-state index in [0.29, 0.717) is 17.6 Å². The fourth-order valence-corrected chi connectivity index (χ4v) is 2.93. The Hall–Kier alpha value is -1.97. The topological polar surface area (TPSA) is 93.2 Å². The van der Waals surface area contributed by atoms with Gasteiger partial charge in [0.2, 0.25) is 0 Å². The number of ether oxygens (including phenoxy) is 1. The Morgan fingerprint density at radius 1 is 1.17 bits per heavy atom. The largest absolute Gasteiger partial charge is 0.452 e. The predicted molar refractivity (Wildman–Crippen MR) is 86.6 cm³/mol. The van der Waals surface area contributed by atoms with E-state index in [0.717, 1.165) is 0 Å². The number of carbonyl (C=O) groups is 2. The van der Waals surface area contributed by atoms with Crippen LogP contribution in [0.4, 0.5) is 0 Å². The molecule has 0 saturated heterocycles. The molecule has 0 aliphatic heterocycles. The van der Waals surface area contributed by atoms with Crippen molar-refractivity contribution in [3.8, 4) is 0 Å². The minimum atomic E-state index is -3.87. The minimum Gasteiger partial charge on any atom is -0.452 e. The van der Waals surface area contributed by atoms with Gasteiger partial charge >= 0.3 is 5.97 Å². The zero-order chi connectivity index (χ0) is 18.3. The molecule has 0 aliphatic rings. The van der Waals surface area contributed by atoms with Crippen molar-refractivity contribution in [2.24, 2.45) is 0 Å². The van der Waals surface area contributed by atoms with Gasteiger partial charge in [0.25, 0.3) is 15.9 Å². The molecule has 24 heavy (non-hydrogen) atoms. The first kappa shape index (κ1) is 20.1. The second-order valence-electron chi connectivity index (χ2n) is 4.77. The maximum Gasteiger partial charge on any atom is 0.338 e. The zero-order valence-electron chi connectivity index (χ0n) is 14.2. The third kappa shape index (κ3) is 4.76. The third-order valence-electron chi connectivity index (χ3n) is 3.41. The molecule has 0 saturated carbocycles. The maximum absolute atomic E-state index is 12.2. The highest BCUT2D eigenvalue weighted by atomic mass is 32.2. The first-order chi connectivity index (χ1) is 11.3. The molecule has 1 amide bonds. The van der Waals surface area contributed by atoms with Crippen molar-refractivity contribution >= 4 is 21.9 Å². The molecular weight excluding hydrogens is 336 g/mol. The van der Waals surface area contributed by atoms with Crippen LogP contribution in [0.1, 0.15) is 24.2 Å². The molecule has 0 aliphatic carbocycles. The fraction of sp³-hybridized carbons (Fsp3) is 0.467. The molecule has 0 radical (unpaired) electrons. The van der Waals surface area contributed by atoms with Crippen LogP contribution in [0.15, 0.2) is 29.2 Å². The molecule has 0 heterocycles. The number of benzene rings is 1.